The van der Waals surface area contributed by atoms with E-state index in [1.165, 1.54) is 0 Å². The molecule has 0 aliphatic carbocycles. The second-order valence-corrected chi connectivity index (χ2v) is 3.26. The molecular formula is C7H13NOS. The fourth-order valence-corrected chi connectivity index (χ4v) is 1.39. The number of isocyanates is 1. The Labute approximate surface area is 66.1 Å². The number of hydrogen-bond donors (Lipinski definition) is 0. The van der Waals surface area contributed by atoms with Crippen LogP contribution in [-0.4, -0.2) is 23.6 Å². The maximum atomic E-state index is 9.84. The molecule has 0 N–H and O–H groups in total. The van der Waals surface area contributed by atoms with Crippen molar-refractivity contribution in [2.24, 2.45) is 4.99 Å². The van der Waals surface area contributed by atoms with Gasteiger partial charge in [-0.25, -0.2) is 9.79 Å². The van der Waals surface area contributed by atoms with Crippen LogP contribution < -0.4 is 0 Å². The topological polar surface area (TPSA) is 29.4 Å². The smallest absolute Gasteiger partial charge is 0.211 e. The van der Waals surface area contributed by atoms with Crippen LogP contribution in [0.1, 0.15) is 20.3 Å². The standard InChI is InChI=1S/C7H13NOS/c1-3-7(8-6-9)5-10-4-2/h7H,3-5H2,1-2H3. The van der Waals surface area contributed by atoms with Crippen LogP contribution in [0.15, 0.2) is 4.99 Å². The average molecular weight is 159 g/mol. The van der Waals surface area contributed by atoms with Crippen molar-refractivity contribution in [3.8, 4) is 0 Å². The minimum Gasteiger partial charge on any atom is -0.211 e. The Kier molecular flexibility index (Phi) is 6.66. The fraction of sp³-hybridized carbons (Fsp3) is 0.857. The van der Waals surface area contributed by atoms with E-state index in [1.807, 2.05) is 18.7 Å². The summed E-state index contributed by atoms with van der Waals surface area (Å²) in [6.45, 7) is 4.13. The first-order valence-electron chi connectivity index (χ1n) is 3.49. The van der Waals surface area contributed by atoms with E-state index in [0.29, 0.717) is 0 Å². The zero-order chi connectivity index (χ0) is 7.82. The molecule has 0 bridgehead atoms. The van der Waals surface area contributed by atoms with Gasteiger partial charge in [0.05, 0.1) is 6.04 Å². The lowest BCUT2D eigenvalue weighted by molar-refractivity contribution is 0.557. The molecule has 0 fully saturated rings. The molecule has 3 heteroatoms. The van der Waals surface area contributed by atoms with Gasteiger partial charge in [0.25, 0.3) is 0 Å². The number of aliphatic imine (C=N–C) groups is 1. The molecule has 0 rings (SSSR count). The van der Waals surface area contributed by atoms with E-state index < -0.39 is 0 Å². The summed E-state index contributed by atoms with van der Waals surface area (Å²) in [5, 5.41) is 0. The highest BCUT2D eigenvalue weighted by molar-refractivity contribution is 7.99. The molecule has 0 heterocycles. The average Bonchev–Trinajstić information content (AvgIpc) is 1.98. The van der Waals surface area contributed by atoms with Gasteiger partial charge in [0, 0.05) is 5.75 Å². The van der Waals surface area contributed by atoms with Crippen molar-refractivity contribution < 1.29 is 4.79 Å². The zero-order valence-corrected chi connectivity index (χ0v) is 7.28. The Bertz CT molecular complexity index is 121. The molecule has 0 aromatic heterocycles. The first kappa shape index (κ1) is 9.73. The Morgan fingerprint density at radius 2 is 2.30 bits per heavy atom. The second kappa shape index (κ2) is 6.84. The van der Waals surface area contributed by atoms with E-state index in [9.17, 15) is 4.79 Å². The molecule has 1 atom stereocenters. The minimum absolute atomic E-state index is 0.183. The van der Waals surface area contributed by atoms with Crippen LogP contribution in [0.25, 0.3) is 0 Å². The van der Waals surface area contributed by atoms with Gasteiger partial charge in [-0.15, -0.1) is 0 Å². The predicted octanol–water partition coefficient (Wildman–Crippen LogP) is 1.85. The summed E-state index contributed by atoms with van der Waals surface area (Å²) in [5.74, 6) is 2.03. The number of carbonyl (C=O) groups excluding carboxylic acids is 1. The van der Waals surface area contributed by atoms with Crippen molar-refractivity contribution >= 4 is 17.8 Å². The predicted molar refractivity (Wildman–Crippen MR) is 45.2 cm³/mol. The van der Waals surface area contributed by atoms with Crippen LogP contribution >= 0.6 is 11.8 Å². The molecule has 0 saturated carbocycles. The number of nitrogens with zero attached hydrogens (tertiary/aromatic N) is 1. The third-order valence-electron chi connectivity index (χ3n) is 1.22. The lowest BCUT2D eigenvalue weighted by Crippen LogP contribution is -2.05. The van der Waals surface area contributed by atoms with Crippen LogP contribution in [0, 0.1) is 0 Å². The van der Waals surface area contributed by atoms with Gasteiger partial charge < -0.3 is 0 Å². The maximum Gasteiger partial charge on any atom is 0.235 e. The molecule has 1 unspecified atom stereocenters. The van der Waals surface area contributed by atoms with Crippen molar-refractivity contribution in [3.05, 3.63) is 0 Å². The Balaban J connectivity index is 3.49. The van der Waals surface area contributed by atoms with E-state index in [2.05, 4.69) is 11.9 Å². The Hall–Kier alpha value is -0.270. The summed E-state index contributed by atoms with van der Waals surface area (Å²) < 4.78 is 0. The molecule has 0 aliphatic heterocycles. The summed E-state index contributed by atoms with van der Waals surface area (Å²) >= 11 is 1.81. The lowest BCUT2D eigenvalue weighted by Gasteiger charge is -2.04. The van der Waals surface area contributed by atoms with Crippen LogP contribution in [0.5, 0.6) is 0 Å². The molecule has 10 heavy (non-hydrogen) atoms. The molecule has 0 saturated heterocycles. The first-order chi connectivity index (χ1) is 4.85. The van der Waals surface area contributed by atoms with Gasteiger partial charge in [0.1, 0.15) is 0 Å². The lowest BCUT2D eigenvalue weighted by atomic mass is 10.3. The monoisotopic (exact) mass is 159 g/mol. The number of thioether (sulfide) groups is 1. The largest absolute Gasteiger partial charge is 0.235 e. The minimum atomic E-state index is 0.183. The van der Waals surface area contributed by atoms with Gasteiger partial charge in [-0.05, 0) is 12.2 Å². The Morgan fingerprint density at radius 3 is 2.70 bits per heavy atom. The van der Waals surface area contributed by atoms with E-state index in [0.717, 1.165) is 17.9 Å². The molecule has 0 amide bonds. The summed E-state index contributed by atoms with van der Waals surface area (Å²) in [7, 11) is 0. The number of hydrogen-bond acceptors (Lipinski definition) is 3. The Morgan fingerprint density at radius 1 is 1.60 bits per heavy atom. The summed E-state index contributed by atoms with van der Waals surface area (Å²) in [4.78, 5) is 13.5. The molecule has 0 aliphatic rings. The van der Waals surface area contributed by atoms with Crippen molar-refractivity contribution in [1.29, 1.82) is 0 Å². The van der Waals surface area contributed by atoms with Crippen LogP contribution in [0.4, 0.5) is 0 Å². The fourth-order valence-electron chi connectivity index (χ4n) is 0.575. The normalized spacial score (nSPS) is 12.2. The third kappa shape index (κ3) is 4.59. The maximum absolute atomic E-state index is 9.84. The van der Waals surface area contributed by atoms with Crippen LogP contribution in [0.3, 0.4) is 0 Å². The van der Waals surface area contributed by atoms with Crippen molar-refractivity contribution in [2.45, 2.75) is 26.3 Å². The van der Waals surface area contributed by atoms with Crippen molar-refractivity contribution in [2.75, 3.05) is 11.5 Å². The third-order valence-corrected chi connectivity index (χ3v) is 2.25. The van der Waals surface area contributed by atoms with Gasteiger partial charge in [-0.2, -0.15) is 11.8 Å². The van der Waals surface area contributed by atoms with Gasteiger partial charge in [0.15, 0.2) is 0 Å². The summed E-state index contributed by atoms with van der Waals surface area (Å²) in [5.41, 5.74) is 0. The molecule has 0 aromatic carbocycles. The van der Waals surface area contributed by atoms with Gasteiger partial charge in [-0.3, -0.25) is 0 Å². The highest BCUT2D eigenvalue weighted by Gasteiger charge is 2.01. The van der Waals surface area contributed by atoms with Crippen LogP contribution in [-0.2, 0) is 4.79 Å². The van der Waals surface area contributed by atoms with E-state index >= 15 is 0 Å². The quantitative estimate of drug-likeness (QED) is 0.452. The molecule has 0 radical (unpaired) electrons. The zero-order valence-electron chi connectivity index (χ0n) is 6.46. The van der Waals surface area contributed by atoms with Crippen molar-refractivity contribution in [3.63, 3.8) is 0 Å². The van der Waals surface area contributed by atoms with Crippen molar-refractivity contribution in [1.82, 2.24) is 0 Å². The van der Waals surface area contributed by atoms with E-state index in [4.69, 9.17) is 0 Å². The highest BCUT2D eigenvalue weighted by atomic mass is 32.2. The molecule has 0 spiro atoms. The van der Waals surface area contributed by atoms with Crippen LogP contribution in [0.2, 0.25) is 0 Å². The molecule has 0 aromatic rings. The van der Waals surface area contributed by atoms with E-state index in [1.54, 1.807) is 6.08 Å². The molecule has 2 nitrogen and oxygen atoms in total. The molecule has 58 valence electrons. The molecular weight excluding hydrogens is 146 g/mol. The van der Waals surface area contributed by atoms with Gasteiger partial charge >= 0.3 is 0 Å². The SMILES string of the molecule is CCSCC(CC)N=C=O. The van der Waals surface area contributed by atoms with Gasteiger partial charge in [-0.1, -0.05) is 13.8 Å². The summed E-state index contributed by atoms with van der Waals surface area (Å²) in [6.07, 6.45) is 2.52. The van der Waals surface area contributed by atoms with Gasteiger partial charge in [0.2, 0.25) is 6.08 Å². The van der Waals surface area contributed by atoms with E-state index in [-0.39, 0.29) is 6.04 Å². The second-order valence-electron chi connectivity index (χ2n) is 1.94. The first-order valence-corrected chi connectivity index (χ1v) is 4.65. The highest BCUT2D eigenvalue weighted by Crippen LogP contribution is 2.06. The summed E-state index contributed by atoms with van der Waals surface area (Å²) in [6, 6.07) is 0.183. The number of rotatable bonds is 5.